The molecule has 1 amide bonds. The average Bonchev–Trinajstić information content (AvgIpc) is 2.44. The van der Waals surface area contributed by atoms with Crippen LogP contribution >= 0.6 is 23.2 Å². The quantitative estimate of drug-likeness (QED) is 0.847. The van der Waals surface area contributed by atoms with Crippen molar-refractivity contribution in [2.75, 3.05) is 18.2 Å². The number of halogens is 2. The second kappa shape index (κ2) is 6.03. The lowest BCUT2D eigenvalue weighted by Crippen LogP contribution is -2.13. The third-order valence-corrected chi connectivity index (χ3v) is 3.32. The van der Waals surface area contributed by atoms with E-state index >= 15 is 0 Å². The molecule has 2 aromatic rings. The van der Waals surface area contributed by atoms with Crippen LogP contribution in [0.15, 0.2) is 36.4 Å². The first-order chi connectivity index (χ1) is 9.52. The van der Waals surface area contributed by atoms with E-state index < -0.39 is 0 Å². The van der Waals surface area contributed by atoms with Gasteiger partial charge in [0, 0.05) is 5.56 Å². The number of hydrogen-bond acceptors (Lipinski definition) is 3. The normalized spacial score (nSPS) is 10.2. The van der Waals surface area contributed by atoms with Gasteiger partial charge in [0.25, 0.3) is 5.91 Å². The van der Waals surface area contributed by atoms with Gasteiger partial charge in [-0.3, -0.25) is 4.79 Å². The molecule has 0 heterocycles. The Labute approximate surface area is 126 Å². The molecule has 2 rings (SSSR count). The maximum absolute atomic E-state index is 12.2. The maximum Gasteiger partial charge on any atom is 0.255 e. The Morgan fingerprint density at radius 3 is 2.40 bits per heavy atom. The van der Waals surface area contributed by atoms with Gasteiger partial charge in [0.05, 0.1) is 28.5 Å². The molecule has 0 aliphatic heterocycles. The summed E-state index contributed by atoms with van der Waals surface area (Å²) in [5.74, 6) is 0.215. The van der Waals surface area contributed by atoms with Crippen molar-refractivity contribution >= 4 is 40.5 Å². The number of hydrogen-bond donors (Lipinski definition) is 2. The van der Waals surface area contributed by atoms with Gasteiger partial charge >= 0.3 is 0 Å². The van der Waals surface area contributed by atoms with Crippen LogP contribution in [0.4, 0.5) is 11.4 Å². The van der Waals surface area contributed by atoms with Crippen LogP contribution in [0, 0.1) is 0 Å². The van der Waals surface area contributed by atoms with E-state index in [1.807, 2.05) is 6.07 Å². The van der Waals surface area contributed by atoms with Gasteiger partial charge in [0.2, 0.25) is 0 Å². The summed E-state index contributed by atoms with van der Waals surface area (Å²) in [6.45, 7) is 0. The largest absolute Gasteiger partial charge is 0.495 e. The molecule has 6 heteroatoms. The van der Waals surface area contributed by atoms with Crippen molar-refractivity contribution in [2.24, 2.45) is 0 Å². The van der Waals surface area contributed by atoms with E-state index in [1.54, 1.807) is 18.2 Å². The Bertz CT molecular complexity index is 636. The summed E-state index contributed by atoms with van der Waals surface area (Å²) in [4.78, 5) is 12.2. The van der Waals surface area contributed by atoms with Crippen molar-refractivity contribution in [2.45, 2.75) is 0 Å². The second-order valence-corrected chi connectivity index (χ2v) is 4.82. The molecule has 20 heavy (non-hydrogen) atoms. The third kappa shape index (κ3) is 2.98. The molecule has 3 N–H and O–H groups in total. The zero-order valence-electron chi connectivity index (χ0n) is 10.6. The number of benzene rings is 2. The number of ether oxygens (including phenoxy) is 1. The van der Waals surface area contributed by atoms with Crippen LogP contribution in [-0.4, -0.2) is 13.0 Å². The first kappa shape index (κ1) is 14.5. The Hall–Kier alpha value is -1.91. The Morgan fingerprint density at radius 1 is 1.20 bits per heavy atom. The van der Waals surface area contributed by atoms with Crippen LogP contribution in [0.25, 0.3) is 0 Å². The van der Waals surface area contributed by atoms with Crippen LogP contribution in [0.5, 0.6) is 5.75 Å². The van der Waals surface area contributed by atoms with Gasteiger partial charge in [0.15, 0.2) is 0 Å². The number of carbonyl (C=O) groups excluding carboxylic acids is 1. The van der Waals surface area contributed by atoms with Crippen LogP contribution in [0.1, 0.15) is 10.4 Å². The summed E-state index contributed by atoms with van der Waals surface area (Å²) in [6, 6.07) is 10.0. The molecule has 0 bridgehead atoms. The molecule has 0 saturated heterocycles. The van der Waals surface area contributed by atoms with Crippen LogP contribution in [-0.2, 0) is 0 Å². The van der Waals surface area contributed by atoms with Crippen molar-refractivity contribution in [1.29, 1.82) is 0 Å². The molecule has 0 atom stereocenters. The lowest BCUT2D eigenvalue weighted by molar-refractivity contribution is 0.102. The summed E-state index contributed by atoms with van der Waals surface area (Å²) >= 11 is 11.8. The Morgan fingerprint density at radius 2 is 1.80 bits per heavy atom. The lowest BCUT2D eigenvalue weighted by Gasteiger charge is -2.11. The van der Waals surface area contributed by atoms with E-state index in [4.69, 9.17) is 33.7 Å². The fourth-order valence-electron chi connectivity index (χ4n) is 1.66. The number of anilines is 2. The molecule has 0 radical (unpaired) electrons. The molecular weight excluding hydrogens is 299 g/mol. The Kier molecular flexibility index (Phi) is 4.37. The van der Waals surface area contributed by atoms with Gasteiger partial charge in [0.1, 0.15) is 5.75 Å². The minimum absolute atomic E-state index is 0.239. The molecule has 0 aliphatic rings. The topological polar surface area (TPSA) is 64.3 Å². The van der Waals surface area contributed by atoms with Crippen molar-refractivity contribution in [3.63, 3.8) is 0 Å². The van der Waals surface area contributed by atoms with E-state index in [0.717, 1.165) is 0 Å². The van der Waals surface area contributed by atoms with Gasteiger partial charge in [-0.25, -0.2) is 0 Å². The zero-order chi connectivity index (χ0) is 14.7. The molecule has 0 spiro atoms. The number of amides is 1. The van der Waals surface area contributed by atoms with Crippen LogP contribution < -0.4 is 15.8 Å². The number of nitrogens with one attached hydrogen (secondary N) is 1. The zero-order valence-corrected chi connectivity index (χ0v) is 12.1. The van der Waals surface area contributed by atoms with Crippen LogP contribution in [0.2, 0.25) is 10.0 Å². The highest BCUT2D eigenvalue weighted by Crippen LogP contribution is 2.30. The summed E-state index contributed by atoms with van der Waals surface area (Å²) in [6.07, 6.45) is 0. The van der Waals surface area contributed by atoms with Crippen molar-refractivity contribution in [1.82, 2.24) is 0 Å². The fraction of sp³-hybridized carbons (Fsp3) is 0.0714. The number of nitrogen functional groups attached to an aromatic ring is 1. The van der Waals surface area contributed by atoms with E-state index in [-0.39, 0.29) is 21.6 Å². The standard InChI is InChI=1S/C14H12Cl2N2O2/c1-20-12-5-3-2-4-11(12)18-14(19)8-6-9(15)13(17)10(16)7-8/h2-7H,17H2,1H3,(H,18,19). The summed E-state index contributed by atoms with van der Waals surface area (Å²) in [5, 5.41) is 3.21. The maximum atomic E-state index is 12.2. The molecule has 0 fully saturated rings. The summed E-state index contributed by atoms with van der Waals surface area (Å²) in [7, 11) is 1.53. The highest BCUT2D eigenvalue weighted by molar-refractivity contribution is 6.39. The predicted octanol–water partition coefficient (Wildman–Crippen LogP) is 3.84. The number of carbonyl (C=O) groups is 1. The fourth-order valence-corrected chi connectivity index (χ4v) is 2.14. The Balaban J connectivity index is 2.29. The molecule has 104 valence electrons. The highest BCUT2D eigenvalue weighted by Gasteiger charge is 2.13. The van der Waals surface area contributed by atoms with Gasteiger partial charge in [-0.05, 0) is 24.3 Å². The van der Waals surface area contributed by atoms with Gasteiger partial charge < -0.3 is 15.8 Å². The number of rotatable bonds is 3. The van der Waals surface area contributed by atoms with Gasteiger partial charge in [-0.15, -0.1) is 0 Å². The SMILES string of the molecule is COc1ccccc1NC(=O)c1cc(Cl)c(N)c(Cl)c1. The minimum atomic E-state index is -0.349. The van der Waals surface area contributed by atoms with Crippen molar-refractivity contribution < 1.29 is 9.53 Å². The van der Waals surface area contributed by atoms with E-state index in [2.05, 4.69) is 5.32 Å². The molecule has 0 aromatic heterocycles. The molecule has 0 unspecified atom stereocenters. The minimum Gasteiger partial charge on any atom is -0.495 e. The number of methoxy groups -OCH3 is 1. The molecule has 2 aromatic carbocycles. The van der Waals surface area contributed by atoms with Gasteiger partial charge in [-0.2, -0.15) is 0 Å². The van der Waals surface area contributed by atoms with Crippen molar-refractivity contribution in [3.05, 3.63) is 52.0 Å². The summed E-state index contributed by atoms with van der Waals surface area (Å²) < 4.78 is 5.16. The van der Waals surface area contributed by atoms with E-state index in [1.165, 1.54) is 19.2 Å². The molecular formula is C14H12Cl2N2O2. The predicted molar refractivity (Wildman–Crippen MR) is 81.8 cm³/mol. The first-order valence-electron chi connectivity index (χ1n) is 5.72. The van der Waals surface area contributed by atoms with E-state index in [0.29, 0.717) is 17.0 Å². The summed E-state index contributed by atoms with van der Waals surface area (Å²) in [5.41, 5.74) is 6.76. The highest BCUT2D eigenvalue weighted by atomic mass is 35.5. The van der Waals surface area contributed by atoms with Gasteiger partial charge in [-0.1, -0.05) is 35.3 Å². The van der Waals surface area contributed by atoms with Crippen LogP contribution in [0.3, 0.4) is 0 Å². The number of para-hydroxylation sites is 2. The molecule has 0 aliphatic carbocycles. The monoisotopic (exact) mass is 310 g/mol. The second-order valence-electron chi connectivity index (χ2n) is 4.01. The third-order valence-electron chi connectivity index (χ3n) is 2.70. The molecule has 0 saturated carbocycles. The lowest BCUT2D eigenvalue weighted by atomic mass is 10.2. The van der Waals surface area contributed by atoms with E-state index in [9.17, 15) is 4.79 Å². The smallest absolute Gasteiger partial charge is 0.255 e. The first-order valence-corrected chi connectivity index (χ1v) is 6.47. The molecule has 4 nitrogen and oxygen atoms in total. The number of nitrogens with two attached hydrogens (primary N) is 1. The van der Waals surface area contributed by atoms with Crippen molar-refractivity contribution in [3.8, 4) is 5.75 Å². The average molecular weight is 311 g/mol.